The maximum absolute atomic E-state index is 10.7. The molecule has 9 heteroatoms. The molecule has 0 N–H and O–H groups in total. The van der Waals surface area contributed by atoms with Crippen LogP contribution >= 0.6 is 0 Å². The van der Waals surface area contributed by atoms with Crippen LogP contribution in [-0.2, 0) is 9.59 Å². The Morgan fingerprint density at radius 2 is 1.67 bits per heavy atom. The third-order valence-electron chi connectivity index (χ3n) is 4.47. The predicted molar refractivity (Wildman–Crippen MR) is 96.9 cm³/mol. The number of carboxylic acid groups (broad SMARTS) is 2. The zero-order chi connectivity index (χ0) is 19.9. The first kappa shape index (κ1) is 26.7. The summed E-state index contributed by atoms with van der Waals surface area (Å²) in [5.74, 6) is -3.44. The Balaban J connectivity index is 0.00000225. The summed E-state index contributed by atoms with van der Waals surface area (Å²) in [4.78, 5) is 25.5. The second kappa shape index (κ2) is 13.1. The second-order valence-electron chi connectivity index (χ2n) is 6.45. The first-order valence-corrected chi connectivity index (χ1v) is 9.03. The number of unbranched alkanes of at least 4 members (excludes halogenated alkanes) is 2. The van der Waals surface area contributed by atoms with Crippen molar-refractivity contribution in [1.29, 1.82) is 0 Å². The number of carbonyl (C=O) groups excluding carboxylic acids is 2. The molecule has 0 spiro atoms. The van der Waals surface area contributed by atoms with Crippen molar-refractivity contribution in [3.8, 4) is 17.2 Å². The van der Waals surface area contributed by atoms with Gasteiger partial charge in [0.2, 0.25) is 5.89 Å². The van der Waals surface area contributed by atoms with Gasteiger partial charge < -0.3 is 29.0 Å². The topological polar surface area (TPSA) is 116 Å². The van der Waals surface area contributed by atoms with Gasteiger partial charge in [0.05, 0.1) is 24.7 Å². The third kappa shape index (κ3) is 7.41. The summed E-state index contributed by atoms with van der Waals surface area (Å²) in [6, 6.07) is 11.7. The van der Waals surface area contributed by atoms with Crippen LogP contribution in [0.2, 0.25) is 0 Å². The van der Waals surface area contributed by atoms with Crippen molar-refractivity contribution in [3.63, 3.8) is 0 Å². The van der Waals surface area contributed by atoms with Crippen molar-refractivity contribution in [2.75, 3.05) is 6.61 Å². The molecule has 7 nitrogen and oxygen atoms in total. The summed E-state index contributed by atoms with van der Waals surface area (Å²) in [6.07, 6.45) is 4.95. The normalized spacial score (nSPS) is 10.3. The molecular weight excluding hydrogens is 408 g/mol. The van der Waals surface area contributed by atoms with Gasteiger partial charge in [0.25, 0.3) is 0 Å². The van der Waals surface area contributed by atoms with E-state index in [0.717, 1.165) is 22.1 Å². The van der Waals surface area contributed by atoms with E-state index in [2.05, 4.69) is 4.98 Å². The average molecular weight is 427 g/mol. The molecule has 0 aliphatic heterocycles. The zero-order valence-electron chi connectivity index (χ0n) is 17.1. The number of benzene rings is 2. The largest absolute Gasteiger partial charge is 1.00 e. The first-order chi connectivity index (χ1) is 13.5. The van der Waals surface area contributed by atoms with Crippen LogP contribution in [0.25, 0.3) is 22.2 Å². The molecule has 30 heavy (non-hydrogen) atoms. The summed E-state index contributed by atoms with van der Waals surface area (Å²) in [5, 5.41) is 23.4. The monoisotopic (exact) mass is 427 g/mol. The number of rotatable bonds is 10. The van der Waals surface area contributed by atoms with E-state index in [1.165, 1.54) is 6.26 Å². The molecule has 0 radical (unpaired) electrons. The third-order valence-corrected chi connectivity index (χ3v) is 4.47. The van der Waals surface area contributed by atoms with Gasteiger partial charge in [-0.25, -0.2) is 4.98 Å². The minimum Gasteiger partial charge on any atom is -0.549 e. The summed E-state index contributed by atoms with van der Waals surface area (Å²) < 4.78 is 11.0. The van der Waals surface area contributed by atoms with E-state index in [-0.39, 0.29) is 65.5 Å². The Labute approximate surface area is 218 Å². The van der Waals surface area contributed by atoms with Crippen LogP contribution in [0.4, 0.5) is 0 Å². The number of hydrogen-bond acceptors (Lipinski definition) is 7. The molecule has 0 atom stereocenters. The van der Waals surface area contributed by atoms with Crippen LogP contribution in [0, 0.1) is 5.92 Å². The summed E-state index contributed by atoms with van der Waals surface area (Å²) in [6.45, 7) is 0.460. The fourth-order valence-electron chi connectivity index (χ4n) is 2.96. The molecule has 3 aromatic rings. The Morgan fingerprint density at radius 1 is 0.967 bits per heavy atom. The number of aromatic nitrogens is 1. The first-order valence-electron chi connectivity index (χ1n) is 9.03. The Kier molecular flexibility index (Phi) is 11.7. The molecule has 0 unspecified atom stereocenters. The minimum atomic E-state index is -1.60. The molecular formula is C21H19NNa2O6. The van der Waals surface area contributed by atoms with Crippen LogP contribution in [-0.4, -0.2) is 23.5 Å². The molecule has 0 bridgehead atoms. The number of ether oxygens (including phenoxy) is 1. The van der Waals surface area contributed by atoms with Crippen LogP contribution < -0.4 is 74.1 Å². The van der Waals surface area contributed by atoms with Gasteiger partial charge in [-0.3, -0.25) is 0 Å². The van der Waals surface area contributed by atoms with Crippen molar-refractivity contribution < 1.29 is 88.1 Å². The van der Waals surface area contributed by atoms with Crippen LogP contribution in [0.5, 0.6) is 5.75 Å². The molecule has 0 aliphatic rings. The molecule has 1 aromatic heterocycles. The summed E-state index contributed by atoms with van der Waals surface area (Å²) >= 11 is 0. The van der Waals surface area contributed by atoms with Gasteiger partial charge in [-0.05, 0) is 47.9 Å². The number of aliphatic carboxylic acids is 2. The van der Waals surface area contributed by atoms with Gasteiger partial charge in [-0.2, -0.15) is 0 Å². The van der Waals surface area contributed by atoms with Crippen molar-refractivity contribution in [1.82, 2.24) is 4.98 Å². The number of hydrogen-bond donors (Lipinski definition) is 0. The zero-order valence-corrected chi connectivity index (χ0v) is 21.1. The van der Waals surface area contributed by atoms with Crippen LogP contribution in [0.1, 0.15) is 25.7 Å². The molecule has 3 rings (SSSR count). The van der Waals surface area contributed by atoms with Gasteiger partial charge in [0, 0.05) is 11.5 Å². The van der Waals surface area contributed by atoms with Crippen molar-refractivity contribution in [3.05, 3.63) is 48.9 Å². The van der Waals surface area contributed by atoms with E-state index in [0.29, 0.717) is 31.8 Å². The molecule has 0 aliphatic carbocycles. The quantitative estimate of drug-likeness (QED) is 0.182. The molecule has 0 fully saturated rings. The molecule has 2 aromatic carbocycles. The molecule has 0 saturated heterocycles. The van der Waals surface area contributed by atoms with Crippen LogP contribution in [0.15, 0.2) is 53.3 Å². The van der Waals surface area contributed by atoms with E-state index < -0.39 is 17.9 Å². The SMILES string of the molecule is O=C([O-])C(CCCCCOc1ccc2cc(-c3ncco3)ccc2c1)C(=O)[O-].[Na+].[Na+]. The molecule has 0 saturated carbocycles. The molecule has 146 valence electrons. The number of oxazole rings is 1. The Bertz CT molecular complexity index is 947. The maximum Gasteiger partial charge on any atom is 1.00 e. The van der Waals surface area contributed by atoms with E-state index in [9.17, 15) is 19.8 Å². The van der Waals surface area contributed by atoms with Gasteiger partial charge in [0.1, 0.15) is 12.0 Å². The average Bonchev–Trinajstić information content (AvgIpc) is 3.21. The number of fused-ring (bicyclic) bond motifs is 1. The van der Waals surface area contributed by atoms with E-state index in [4.69, 9.17) is 9.15 Å². The Morgan fingerprint density at radius 3 is 2.33 bits per heavy atom. The fourth-order valence-corrected chi connectivity index (χ4v) is 2.96. The predicted octanol–water partition coefficient (Wildman–Crippen LogP) is -4.44. The smallest absolute Gasteiger partial charge is 0.549 e. The number of carboxylic acids is 2. The van der Waals surface area contributed by atoms with E-state index >= 15 is 0 Å². The Hall–Kier alpha value is -1.35. The van der Waals surface area contributed by atoms with Gasteiger partial charge in [0.15, 0.2) is 0 Å². The van der Waals surface area contributed by atoms with Gasteiger partial charge in [-0.1, -0.05) is 25.0 Å². The minimum absolute atomic E-state index is 0. The van der Waals surface area contributed by atoms with E-state index in [1.807, 2.05) is 36.4 Å². The standard InChI is InChI=1S/C21H21NO6.2Na/c23-20(24)18(21(25)26)4-2-1-3-10-27-17-8-7-14-12-16(6-5-15(14)13-17)19-22-9-11-28-19;;/h5-9,11-13,18H,1-4,10H2,(H,23,24)(H,25,26);;/q;2*+1/p-2. The fraction of sp³-hybridized carbons (Fsp3) is 0.286. The second-order valence-corrected chi connectivity index (χ2v) is 6.45. The van der Waals surface area contributed by atoms with Gasteiger partial charge in [-0.15, -0.1) is 0 Å². The van der Waals surface area contributed by atoms with Crippen LogP contribution in [0.3, 0.4) is 0 Å². The van der Waals surface area contributed by atoms with Crippen molar-refractivity contribution in [2.45, 2.75) is 25.7 Å². The molecule has 0 amide bonds. The van der Waals surface area contributed by atoms with Crippen molar-refractivity contribution in [2.24, 2.45) is 5.92 Å². The van der Waals surface area contributed by atoms with E-state index in [1.54, 1.807) is 6.20 Å². The summed E-state index contributed by atoms with van der Waals surface area (Å²) in [5.41, 5.74) is 0.901. The maximum atomic E-state index is 10.7. The van der Waals surface area contributed by atoms with Crippen molar-refractivity contribution >= 4 is 22.7 Å². The molecule has 1 heterocycles. The van der Waals surface area contributed by atoms with Gasteiger partial charge >= 0.3 is 59.1 Å². The number of carbonyl (C=O) groups is 2. The number of nitrogens with zero attached hydrogens (tertiary/aromatic N) is 1. The summed E-state index contributed by atoms with van der Waals surface area (Å²) in [7, 11) is 0.